The molecule has 2 aromatic heterocycles. The molecule has 0 unspecified atom stereocenters. The minimum atomic E-state index is 0.259. The van der Waals surface area contributed by atoms with Crippen molar-refractivity contribution in [2.75, 3.05) is 18.5 Å². The highest BCUT2D eigenvalue weighted by Crippen LogP contribution is 2.25. The highest BCUT2D eigenvalue weighted by Gasteiger charge is 2.16. The summed E-state index contributed by atoms with van der Waals surface area (Å²) in [4.78, 5) is 4.10. The lowest BCUT2D eigenvalue weighted by molar-refractivity contribution is 0.120. The number of halogens is 1. The first-order valence-electron chi connectivity index (χ1n) is 5.96. The molecule has 1 aliphatic rings. The number of pyridine rings is 1. The molecule has 0 amide bonds. The number of ether oxygens (including phenoxy) is 1. The van der Waals surface area contributed by atoms with Crippen LogP contribution in [0, 0.1) is 0 Å². The summed E-state index contributed by atoms with van der Waals surface area (Å²) in [5.74, 6) is 0.706. The first-order chi connectivity index (χ1) is 8.84. The second-order valence-electron chi connectivity index (χ2n) is 4.28. The highest BCUT2D eigenvalue weighted by atomic mass is 35.5. The van der Waals surface area contributed by atoms with Crippen LogP contribution in [-0.2, 0) is 4.74 Å². The Morgan fingerprint density at radius 2 is 2.33 bits per heavy atom. The fourth-order valence-corrected chi connectivity index (χ4v) is 2.31. The Morgan fingerprint density at radius 1 is 1.39 bits per heavy atom. The molecule has 0 saturated carbocycles. The van der Waals surface area contributed by atoms with Gasteiger partial charge in [-0.3, -0.25) is 4.98 Å². The Hall–Kier alpha value is -1.46. The van der Waals surface area contributed by atoms with Crippen molar-refractivity contribution in [3.05, 3.63) is 23.6 Å². The van der Waals surface area contributed by atoms with Crippen molar-refractivity contribution in [1.29, 1.82) is 0 Å². The quantitative estimate of drug-likeness (QED) is 0.922. The minimum Gasteiger partial charge on any atom is -0.376 e. The van der Waals surface area contributed by atoms with Crippen LogP contribution in [0.15, 0.2) is 18.5 Å². The smallest absolute Gasteiger partial charge is 0.159 e. The number of fused-ring (bicyclic) bond motifs is 1. The van der Waals surface area contributed by atoms with E-state index in [1.54, 1.807) is 12.4 Å². The molecule has 1 atom stereocenters. The molecule has 6 heteroatoms. The third-order valence-electron chi connectivity index (χ3n) is 3.06. The second kappa shape index (κ2) is 5.04. The van der Waals surface area contributed by atoms with Crippen LogP contribution in [0.2, 0.25) is 5.15 Å². The lowest BCUT2D eigenvalue weighted by Crippen LogP contribution is -2.19. The number of rotatable bonds is 3. The SMILES string of the molecule is Clc1nnc(NC[C@H]2CCCO2)c2cnccc12. The van der Waals surface area contributed by atoms with Crippen molar-refractivity contribution in [3.63, 3.8) is 0 Å². The maximum Gasteiger partial charge on any atom is 0.159 e. The lowest BCUT2D eigenvalue weighted by atomic mass is 10.2. The number of aromatic nitrogens is 3. The van der Waals surface area contributed by atoms with Crippen molar-refractivity contribution in [3.8, 4) is 0 Å². The molecule has 0 bridgehead atoms. The maximum atomic E-state index is 6.00. The van der Waals surface area contributed by atoms with Crippen molar-refractivity contribution in [2.45, 2.75) is 18.9 Å². The number of nitrogens with one attached hydrogen (secondary N) is 1. The minimum absolute atomic E-state index is 0.259. The first kappa shape index (κ1) is 11.6. The molecule has 0 radical (unpaired) electrons. The van der Waals surface area contributed by atoms with Crippen LogP contribution in [0.4, 0.5) is 5.82 Å². The van der Waals surface area contributed by atoms with Crippen LogP contribution < -0.4 is 5.32 Å². The molecule has 3 rings (SSSR count). The van der Waals surface area contributed by atoms with E-state index in [4.69, 9.17) is 16.3 Å². The zero-order valence-electron chi connectivity index (χ0n) is 9.77. The molecule has 0 aromatic carbocycles. The molecule has 1 fully saturated rings. The van der Waals surface area contributed by atoms with Crippen molar-refractivity contribution < 1.29 is 4.74 Å². The summed E-state index contributed by atoms with van der Waals surface area (Å²) in [6, 6.07) is 1.84. The van der Waals surface area contributed by atoms with Gasteiger partial charge in [-0.1, -0.05) is 11.6 Å². The summed E-state index contributed by atoms with van der Waals surface area (Å²) >= 11 is 6.00. The van der Waals surface area contributed by atoms with E-state index in [9.17, 15) is 0 Å². The summed E-state index contributed by atoms with van der Waals surface area (Å²) in [6.07, 6.45) is 5.91. The summed E-state index contributed by atoms with van der Waals surface area (Å²) in [5.41, 5.74) is 0. The maximum absolute atomic E-state index is 6.00. The summed E-state index contributed by atoms with van der Waals surface area (Å²) in [6.45, 7) is 1.58. The van der Waals surface area contributed by atoms with E-state index in [1.165, 1.54) is 0 Å². The fraction of sp³-hybridized carbons (Fsp3) is 0.417. The molecule has 1 aliphatic heterocycles. The summed E-state index contributed by atoms with van der Waals surface area (Å²) < 4.78 is 5.56. The monoisotopic (exact) mass is 264 g/mol. The highest BCUT2D eigenvalue weighted by molar-refractivity contribution is 6.34. The van der Waals surface area contributed by atoms with Crippen molar-refractivity contribution in [2.24, 2.45) is 0 Å². The average Bonchev–Trinajstić information content (AvgIpc) is 2.92. The van der Waals surface area contributed by atoms with Gasteiger partial charge in [0.05, 0.1) is 6.10 Å². The normalized spacial score (nSPS) is 19.3. The second-order valence-corrected chi connectivity index (χ2v) is 4.63. The van der Waals surface area contributed by atoms with Crippen LogP contribution >= 0.6 is 11.6 Å². The topological polar surface area (TPSA) is 59.9 Å². The summed E-state index contributed by atoms with van der Waals surface area (Å²) in [5, 5.41) is 13.4. The van der Waals surface area contributed by atoms with Crippen LogP contribution in [-0.4, -0.2) is 34.4 Å². The van der Waals surface area contributed by atoms with E-state index in [0.717, 1.165) is 36.8 Å². The van der Waals surface area contributed by atoms with Gasteiger partial charge in [-0.25, -0.2) is 0 Å². The predicted molar refractivity (Wildman–Crippen MR) is 69.8 cm³/mol. The third kappa shape index (κ3) is 2.23. The van der Waals surface area contributed by atoms with Gasteiger partial charge in [-0.05, 0) is 18.9 Å². The molecule has 0 spiro atoms. The average molecular weight is 265 g/mol. The Morgan fingerprint density at radius 3 is 3.17 bits per heavy atom. The molecular formula is C12H13ClN4O. The van der Waals surface area contributed by atoms with Gasteiger partial charge in [0.2, 0.25) is 0 Å². The van der Waals surface area contributed by atoms with E-state index in [1.807, 2.05) is 6.07 Å². The van der Waals surface area contributed by atoms with Crippen LogP contribution in [0.3, 0.4) is 0 Å². The van der Waals surface area contributed by atoms with Crippen LogP contribution in [0.5, 0.6) is 0 Å². The van der Waals surface area contributed by atoms with E-state index in [-0.39, 0.29) is 6.10 Å². The molecule has 18 heavy (non-hydrogen) atoms. The Labute approximate surface area is 110 Å². The molecule has 5 nitrogen and oxygen atoms in total. The number of anilines is 1. The molecular weight excluding hydrogens is 252 g/mol. The number of nitrogens with zero attached hydrogens (tertiary/aromatic N) is 3. The van der Waals surface area contributed by atoms with Gasteiger partial charge in [0.25, 0.3) is 0 Å². The van der Waals surface area contributed by atoms with E-state index in [2.05, 4.69) is 20.5 Å². The molecule has 1 N–H and O–H groups in total. The third-order valence-corrected chi connectivity index (χ3v) is 3.34. The van der Waals surface area contributed by atoms with Gasteiger partial charge in [0, 0.05) is 36.3 Å². The number of hydrogen-bond donors (Lipinski definition) is 1. The van der Waals surface area contributed by atoms with Gasteiger partial charge in [0.15, 0.2) is 11.0 Å². The standard InChI is InChI=1S/C12H13ClN4O/c13-11-9-3-4-14-7-10(9)12(17-16-11)15-6-8-2-1-5-18-8/h3-4,7-8H,1-2,5-6H2,(H,15,17)/t8-/m1/s1. The van der Waals surface area contributed by atoms with E-state index in [0.29, 0.717) is 11.0 Å². The van der Waals surface area contributed by atoms with Gasteiger partial charge < -0.3 is 10.1 Å². The van der Waals surface area contributed by atoms with Gasteiger partial charge >= 0.3 is 0 Å². The van der Waals surface area contributed by atoms with Crippen molar-refractivity contribution in [1.82, 2.24) is 15.2 Å². The first-order valence-corrected chi connectivity index (χ1v) is 6.34. The Balaban J connectivity index is 1.85. The predicted octanol–water partition coefficient (Wildman–Crippen LogP) is 2.27. The van der Waals surface area contributed by atoms with Gasteiger partial charge in [0.1, 0.15) is 0 Å². The van der Waals surface area contributed by atoms with Crippen LogP contribution in [0.25, 0.3) is 10.8 Å². The molecule has 3 heterocycles. The molecule has 2 aromatic rings. The van der Waals surface area contributed by atoms with Crippen LogP contribution in [0.1, 0.15) is 12.8 Å². The largest absolute Gasteiger partial charge is 0.376 e. The fourth-order valence-electron chi connectivity index (χ4n) is 2.11. The van der Waals surface area contributed by atoms with Gasteiger partial charge in [-0.15, -0.1) is 10.2 Å². The lowest BCUT2D eigenvalue weighted by Gasteiger charge is -2.12. The zero-order chi connectivity index (χ0) is 12.4. The molecule has 94 valence electrons. The molecule has 1 saturated heterocycles. The van der Waals surface area contributed by atoms with Gasteiger partial charge in [-0.2, -0.15) is 0 Å². The number of hydrogen-bond acceptors (Lipinski definition) is 5. The Kier molecular flexibility index (Phi) is 3.25. The van der Waals surface area contributed by atoms with E-state index >= 15 is 0 Å². The Bertz CT molecular complexity index is 557. The van der Waals surface area contributed by atoms with Crippen molar-refractivity contribution >= 4 is 28.2 Å². The summed E-state index contributed by atoms with van der Waals surface area (Å²) in [7, 11) is 0. The molecule has 0 aliphatic carbocycles. The zero-order valence-corrected chi connectivity index (χ0v) is 10.5. The van der Waals surface area contributed by atoms with E-state index < -0.39 is 0 Å².